The summed E-state index contributed by atoms with van der Waals surface area (Å²) < 4.78 is 5.53. The summed E-state index contributed by atoms with van der Waals surface area (Å²) in [6, 6.07) is 1.02. The molecule has 2 aliphatic heterocycles. The number of rotatable bonds is 5. The SMILES string of the molecule is CN(C)C(=O)c1cncc(N[C@H]2CN(C3CCOCC3)C[C@@H]2C2CC2)n1. The molecule has 1 aromatic heterocycles. The van der Waals surface area contributed by atoms with Gasteiger partial charge in [-0.3, -0.25) is 14.7 Å². The van der Waals surface area contributed by atoms with E-state index in [-0.39, 0.29) is 5.91 Å². The van der Waals surface area contributed by atoms with E-state index in [4.69, 9.17) is 4.74 Å². The quantitative estimate of drug-likeness (QED) is 0.859. The third-order valence-corrected chi connectivity index (χ3v) is 5.92. The van der Waals surface area contributed by atoms with Gasteiger partial charge < -0.3 is 15.0 Å². The maximum absolute atomic E-state index is 12.2. The van der Waals surface area contributed by atoms with Gasteiger partial charge in [-0.15, -0.1) is 0 Å². The summed E-state index contributed by atoms with van der Waals surface area (Å²) in [4.78, 5) is 25.1. The molecule has 1 aromatic rings. The fourth-order valence-corrected chi connectivity index (χ4v) is 4.32. The molecule has 2 atom stereocenters. The normalized spacial score (nSPS) is 27.5. The van der Waals surface area contributed by atoms with E-state index >= 15 is 0 Å². The van der Waals surface area contributed by atoms with E-state index in [2.05, 4.69) is 20.2 Å². The zero-order valence-electron chi connectivity index (χ0n) is 15.7. The molecule has 3 fully saturated rings. The van der Waals surface area contributed by atoms with Crippen molar-refractivity contribution in [2.75, 3.05) is 45.7 Å². The first-order valence-corrected chi connectivity index (χ1v) is 9.74. The van der Waals surface area contributed by atoms with Gasteiger partial charge in [0.2, 0.25) is 0 Å². The van der Waals surface area contributed by atoms with Crippen LogP contribution in [-0.2, 0) is 4.74 Å². The molecule has 7 nitrogen and oxygen atoms in total. The molecular formula is C19H29N5O2. The Labute approximate surface area is 155 Å². The summed E-state index contributed by atoms with van der Waals surface area (Å²) in [6.07, 6.45) is 8.22. The van der Waals surface area contributed by atoms with Gasteiger partial charge >= 0.3 is 0 Å². The first kappa shape index (κ1) is 17.7. The van der Waals surface area contributed by atoms with Crippen molar-refractivity contribution < 1.29 is 9.53 Å². The van der Waals surface area contributed by atoms with E-state index in [9.17, 15) is 4.79 Å². The number of carbonyl (C=O) groups is 1. The first-order valence-electron chi connectivity index (χ1n) is 9.74. The fraction of sp³-hybridized carbons (Fsp3) is 0.737. The zero-order valence-corrected chi connectivity index (χ0v) is 15.7. The topological polar surface area (TPSA) is 70.6 Å². The predicted octanol–water partition coefficient (Wildman–Crippen LogP) is 1.48. The van der Waals surface area contributed by atoms with Gasteiger partial charge in [-0.1, -0.05) is 0 Å². The molecule has 4 rings (SSSR count). The number of carbonyl (C=O) groups excluding carboxylic acids is 1. The molecule has 0 bridgehead atoms. The number of likely N-dealkylation sites (tertiary alicyclic amines) is 1. The number of amides is 1. The van der Waals surface area contributed by atoms with Crippen molar-refractivity contribution in [2.24, 2.45) is 11.8 Å². The van der Waals surface area contributed by atoms with Gasteiger partial charge in [-0.05, 0) is 37.5 Å². The Kier molecular flexibility index (Phi) is 5.09. The molecule has 3 heterocycles. The van der Waals surface area contributed by atoms with Crippen molar-refractivity contribution in [1.82, 2.24) is 19.8 Å². The highest BCUT2D eigenvalue weighted by Gasteiger charge is 2.44. The second-order valence-electron chi connectivity index (χ2n) is 8.04. The molecule has 0 unspecified atom stereocenters. The van der Waals surface area contributed by atoms with E-state index < -0.39 is 0 Å². The zero-order chi connectivity index (χ0) is 18.1. The van der Waals surface area contributed by atoms with Crippen LogP contribution < -0.4 is 5.32 Å². The van der Waals surface area contributed by atoms with Crippen LogP contribution in [0.2, 0.25) is 0 Å². The van der Waals surface area contributed by atoms with Gasteiger partial charge in [0.1, 0.15) is 11.5 Å². The molecule has 142 valence electrons. The summed E-state index contributed by atoms with van der Waals surface area (Å²) in [7, 11) is 3.46. The van der Waals surface area contributed by atoms with E-state index in [0.29, 0.717) is 29.5 Å². The number of nitrogens with zero attached hydrogens (tertiary/aromatic N) is 4. The molecule has 0 radical (unpaired) electrons. The Morgan fingerprint density at radius 1 is 1.19 bits per heavy atom. The lowest BCUT2D eigenvalue weighted by atomic mass is 9.98. The Balaban J connectivity index is 1.45. The van der Waals surface area contributed by atoms with Crippen LogP contribution in [-0.4, -0.2) is 78.2 Å². The maximum atomic E-state index is 12.2. The van der Waals surface area contributed by atoms with Crippen molar-refractivity contribution in [3.63, 3.8) is 0 Å². The van der Waals surface area contributed by atoms with Crippen LogP contribution in [0, 0.1) is 11.8 Å². The third kappa shape index (κ3) is 3.83. The van der Waals surface area contributed by atoms with Crippen molar-refractivity contribution in [2.45, 2.75) is 37.8 Å². The minimum absolute atomic E-state index is 0.116. The number of hydrogen-bond acceptors (Lipinski definition) is 6. The van der Waals surface area contributed by atoms with Gasteiger partial charge in [0.05, 0.1) is 12.4 Å². The van der Waals surface area contributed by atoms with E-state index in [1.807, 2.05) is 0 Å². The summed E-state index contributed by atoms with van der Waals surface area (Å²) in [5.74, 6) is 2.09. The average Bonchev–Trinajstić information content (AvgIpc) is 3.42. The third-order valence-electron chi connectivity index (χ3n) is 5.92. The minimum atomic E-state index is -0.116. The van der Waals surface area contributed by atoms with E-state index in [0.717, 1.165) is 45.1 Å². The smallest absolute Gasteiger partial charge is 0.273 e. The lowest BCUT2D eigenvalue weighted by Crippen LogP contribution is -2.39. The van der Waals surface area contributed by atoms with Crippen LogP contribution in [0.3, 0.4) is 0 Å². The highest BCUT2D eigenvalue weighted by molar-refractivity contribution is 5.91. The minimum Gasteiger partial charge on any atom is -0.381 e. The van der Waals surface area contributed by atoms with Gasteiger partial charge in [-0.2, -0.15) is 0 Å². The van der Waals surface area contributed by atoms with Crippen LogP contribution in [0.4, 0.5) is 5.82 Å². The number of nitrogens with one attached hydrogen (secondary N) is 1. The lowest BCUT2D eigenvalue weighted by molar-refractivity contribution is 0.0407. The maximum Gasteiger partial charge on any atom is 0.273 e. The van der Waals surface area contributed by atoms with Crippen LogP contribution in [0.1, 0.15) is 36.2 Å². The Morgan fingerprint density at radius 2 is 1.96 bits per heavy atom. The second-order valence-corrected chi connectivity index (χ2v) is 8.04. The van der Waals surface area contributed by atoms with Crippen molar-refractivity contribution in [3.05, 3.63) is 18.1 Å². The highest BCUT2D eigenvalue weighted by Crippen LogP contribution is 2.43. The Bertz CT molecular complexity index is 643. The summed E-state index contributed by atoms with van der Waals surface area (Å²) >= 11 is 0. The Hall–Kier alpha value is -1.73. The van der Waals surface area contributed by atoms with Crippen molar-refractivity contribution >= 4 is 11.7 Å². The van der Waals surface area contributed by atoms with Crippen LogP contribution in [0.25, 0.3) is 0 Å². The number of aromatic nitrogens is 2. The van der Waals surface area contributed by atoms with Crippen LogP contribution >= 0.6 is 0 Å². The summed E-state index contributed by atoms with van der Waals surface area (Å²) in [5.41, 5.74) is 0.391. The molecular weight excluding hydrogens is 330 g/mol. The monoisotopic (exact) mass is 359 g/mol. The van der Waals surface area contributed by atoms with E-state index in [1.165, 1.54) is 23.9 Å². The number of ether oxygens (including phenoxy) is 1. The van der Waals surface area contributed by atoms with Crippen LogP contribution in [0.5, 0.6) is 0 Å². The summed E-state index contributed by atoms with van der Waals surface area (Å²) in [5, 5.41) is 3.60. The predicted molar refractivity (Wildman–Crippen MR) is 99.1 cm³/mol. The average molecular weight is 359 g/mol. The van der Waals surface area contributed by atoms with Crippen LogP contribution in [0.15, 0.2) is 12.4 Å². The first-order chi connectivity index (χ1) is 12.6. The van der Waals surface area contributed by atoms with Crippen molar-refractivity contribution in [3.8, 4) is 0 Å². The second kappa shape index (κ2) is 7.48. The highest BCUT2D eigenvalue weighted by atomic mass is 16.5. The number of hydrogen-bond donors (Lipinski definition) is 1. The molecule has 26 heavy (non-hydrogen) atoms. The number of anilines is 1. The molecule has 0 spiro atoms. The lowest BCUT2D eigenvalue weighted by Gasteiger charge is -2.31. The van der Waals surface area contributed by atoms with Gasteiger partial charge in [0.25, 0.3) is 5.91 Å². The molecule has 1 saturated carbocycles. The fourth-order valence-electron chi connectivity index (χ4n) is 4.32. The molecule has 3 aliphatic rings. The van der Waals surface area contributed by atoms with E-state index in [1.54, 1.807) is 20.3 Å². The molecule has 1 aliphatic carbocycles. The van der Waals surface area contributed by atoms with Gasteiger partial charge in [0, 0.05) is 52.5 Å². The van der Waals surface area contributed by atoms with Gasteiger partial charge in [0.15, 0.2) is 0 Å². The molecule has 1 N–H and O–H groups in total. The largest absolute Gasteiger partial charge is 0.381 e. The molecule has 7 heteroatoms. The molecule has 0 aromatic carbocycles. The van der Waals surface area contributed by atoms with Crippen molar-refractivity contribution in [1.29, 1.82) is 0 Å². The standard InChI is InChI=1S/C19H29N5O2/c1-23(2)19(25)16-9-20-10-18(21-16)22-17-12-24(11-15(17)13-3-4-13)14-5-7-26-8-6-14/h9-10,13-15,17H,3-8,11-12H2,1-2H3,(H,21,22)/t15-,17+/m1/s1. The Morgan fingerprint density at radius 3 is 2.65 bits per heavy atom. The molecule has 2 saturated heterocycles. The van der Waals surface area contributed by atoms with Gasteiger partial charge in [-0.25, -0.2) is 4.98 Å². The summed E-state index contributed by atoms with van der Waals surface area (Å²) in [6.45, 7) is 3.97. The molecule has 1 amide bonds.